The van der Waals surface area contributed by atoms with E-state index < -0.39 is 0 Å². The lowest BCUT2D eigenvalue weighted by Crippen LogP contribution is -2.12. The van der Waals surface area contributed by atoms with Crippen LogP contribution in [-0.4, -0.2) is 25.5 Å². The highest BCUT2D eigenvalue weighted by Gasteiger charge is 1.89. The van der Waals surface area contributed by atoms with Gasteiger partial charge in [0.2, 0.25) is 0 Å². The van der Waals surface area contributed by atoms with Gasteiger partial charge in [-0.25, -0.2) is 0 Å². The molecule has 0 spiro atoms. The Kier molecular flexibility index (Phi) is 4.41. The van der Waals surface area contributed by atoms with Crippen LogP contribution in [-0.2, 0) is 0 Å². The van der Waals surface area contributed by atoms with Gasteiger partial charge < -0.3 is 4.90 Å². The molecule has 0 atom stereocenters. The van der Waals surface area contributed by atoms with Gasteiger partial charge >= 0.3 is 0 Å². The number of allylic oxidation sites excluding steroid dienone is 1. The van der Waals surface area contributed by atoms with E-state index in [1.165, 1.54) is 18.5 Å². The summed E-state index contributed by atoms with van der Waals surface area (Å²) >= 11 is 0. The summed E-state index contributed by atoms with van der Waals surface area (Å²) in [6, 6.07) is 0. The zero-order valence-corrected chi connectivity index (χ0v) is 6.78. The van der Waals surface area contributed by atoms with Gasteiger partial charge in [0.05, 0.1) is 0 Å². The molecule has 9 heavy (non-hydrogen) atoms. The van der Waals surface area contributed by atoms with Crippen LogP contribution in [0.1, 0.15) is 19.8 Å². The van der Waals surface area contributed by atoms with E-state index in [0.29, 0.717) is 0 Å². The molecule has 0 aromatic rings. The highest BCUT2D eigenvalue weighted by atomic mass is 15.0. The molecular weight excluding hydrogens is 110 g/mol. The van der Waals surface area contributed by atoms with Crippen molar-refractivity contribution in [1.82, 2.24) is 4.90 Å². The number of nitrogens with zero attached hydrogens (tertiary/aromatic N) is 1. The molecule has 0 heterocycles. The van der Waals surface area contributed by atoms with Crippen LogP contribution in [0.25, 0.3) is 0 Å². The maximum absolute atomic E-state index is 3.83. The van der Waals surface area contributed by atoms with Crippen LogP contribution in [0.15, 0.2) is 12.2 Å². The largest absolute Gasteiger partial charge is 0.309 e. The molecule has 0 aliphatic heterocycles. The second kappa shape index (κ2) is 4.57. The fraction of sp³-hybridized carbons (Fsp3) is 0.750. The van der Waals surface area contributed by atoms with E-state index in [9.17, 15) is 0 Å². The molecule has 0 amide bonds. The van der Waals surface area contributed by atoms with Gasteiger partial charge in [0.15, 0.2) is 0 Å². The first-order chi connectivity index (χ1) is 4.13. The average Bonchev–Trinajstić information content (AvgIpc) is 1.63. The van der Waals surface area contributed by atoms with E-state index >= 15 is 0 Å². The van der Waals surface area contributed by atoms with Crippen LogP contribution >= 0.6 is 0 Å². The lowest BCUT2D eigenvalue weighted by molar-refractivity contribution is 0.400. The molecule has 1 heteroatoms. The van der Waals surface area contributed by atoms with Crippen molar-refractivity contribution in [2.45, 2.75) is 19.8 Å². The summed E-state index contributed by atoms with van der Waals surface area (Å²) in [6.07, 6.45) is 2.40. The summed E-state index contributed by atoms with van der Waals surface area (Å²) in [6.45, 7) is 7.09. The summed E-state index contributed by atoms with van der Waals surface area (Å²) in [5.41, 5.74) is 1.29. The molecular formula is C8H17N. The Balaban J connectivity index is 3.01. The summed E-state index contributed by atoms with van der Waals surface area (Å²) < 4.78 is 0. The monoisotopic (exact) mass is 127 g/mol. The third-order valence-corrected chi connectivity index (χ3v) is 1.21. The van der Waals surface area contributed by atoms with Crippen LogP contribution in [0.2, 0.25) is 0 Å². The first-order valence-corrected chi connectivity index (χ1v) is 3.42. The van der Waals surface area contributed by atoms with Crippen LogP contribution in [0.4, 0.5) is 0 Å². The van der Waals surface area contributed by atoms with E-state index in [1.54, 1.807) is 0 Å². The van der Waals surface area contributed by atoms with Gasteiger partial charge in [0, 0.05) is 0 Å². The number of hydrogen-bond donors (Lipinski definition) is 0. The molecule has 0 aromatic carbocycles. The van der Waals surface area contributed by atoms with Crippen molar-refractivity contribution in [1.29, 1.82) is 0 Å². The lowest BCUT2D eigenvalue weighted by atomic mass is 10.2. The Bertz CT molecular complexity index is 84.6. The van der Waals surface area contributed by atoms with Crippen molar-refractivity contribution in [2.24, 2.45) is 0 Å². The minimum absolute atomic E-state index is 1.16. The molecule has 0 aliphatic rings. The molecule has 0 fully saturated rings. The first-order valence-electron chi connectivity index (χ1n) is 3.42. The summed E-state index contributed by atoms with van der Waals surface area (Å²) in [7, 11) is 4.19. The second-order valence-electron chi connectivity index (χ2n) is 2.86. The van der Waals surface area contributed by atoms with E-state index in [1.807, 2.05) is 0 Å². The van der Waals surface area contributed by atoms with Gasteiger partial charge in [-0.2, -0.15) is 0 Å². The Labute approximate surface area is 58.4 Å². The van der Waals surface area contributed by atoms with Gasteiger partial charge in [0.25, 0.3) is 0 Å². The lowest BCUT2D eigenvalue weighted by Gasteiger charge is -2.07. The van der Waals surface area contributed by atoms with Crippen molar-refractivity contribution in [3.8, 4) is 0 Å². The standard InChI is InChI=1S/C8H17N/c1-8(2)6-5-7-9(3)4/h1,5-7H2,2-4H3. The Morgan fingerprint density at radius 1 is 1.44 bits per heavy atom. The van der Waals surface area contributed by atoms with Crippen molar-refractivity contribution >= 4 is 0 Å². The van der Waals surface area contributed by atoms with E-state index in [-0.39, 0.29) is 0 Å². The molecule has 0 aliphatic carbocycles. The predicted octanol–water partition coefficient (Wildman–Crippen LogP) is 1.90. The average molecular weight is 127 g/mol. The fourth-order valence-electron chi connectivity index (χ4n) is 0.697. The number of rotatable bonds is 4. The van der Waals surface area contributed by atoms with Crippen LogP contribution < -0.4 is 0 Å². The van der Waals surface area contributed by atoms with E-state index in [4.69, 9.17) is 0 Å². The van der Waals surface area contributed by atoms with Crippen LogP contribution in [0.3, 0.4) is 0 Å². The van der Waals surface area contributed by atoms with E-state index in [2.05, 4.69) is 32.5 Å². The van der Waals surface area contributed by atoms with E-state index in [0.717, 1.165) is 6.42 Å². The summed E-state index contributed by atoms with van der Waals surface area (Å²) in [5, 5.41) is 0. The molecule has 0 rings (SSSR count). The molecule has 0 aromatic heterocycles. The highest BCUT2D eigenvalue weighted by Crippen LogP contribution is 1.99. The first kappa shape index (κ1) is 8.70. The maximum Gasteiger partial charge on any atom is -0.00218 e. The number of hydrogen-bond acceptors (Lipinski definition) is 1. The van der Waals surface area contributed by atoms with Gasteiger partial charge in [-0.3, -0.25) is 0 Å². The SMILES string of the molecule is C=C(C)CCCN(C)C. The smallest absolute Gasteiger partial charge is 0.00218 e. The molecule has 0 saturated heterocycles. The van der Waals surface area contributed by atoms with Crippen molar-refractivity contribution < 1.29 is 0 Å². The Morgan fingerprint density at radius 3 is 2.33 bits per heavy atom. The Morgan fingerprint density at radius 2 is 2.00 bits per heavy atom. The van der Waals surface area contributed by atoms with Gasteiger partial charge in [0.1, 0.15) is 0 Å². The molecule has 0 radical (unpaired) electrons. The van der Waals surface area contributed by atoms with Gasteiger partial charge in [-0.05, 0) is 40.4 Å². The highest BCUT2D eigenvalue weighted by molar-refractivity contribution is 4.87. The normalized spacial score (nSPS) is 10.2. The predicted molar refractivity (Wildman–Crippen MR) is 42.6 cm³/mol. The van der Waals surface area contributed by atoms with Crippen molar-refractivity contribution in [2.75, 3.05) is 20.6 Å². The quantitative estimate of drug-likeness (QED) is 0.521. The van der Waals surface area contributed by atoms with Gasteiger partial charge in [-0.1, -0.05) is 5.57 Å². The zero-order valence-electron chi connectivity index (χ0n) is 6.78. The van der Waals surface area contributed by atoms with Gasteiger partial charge in [-0.15, -0.1) is 6.58 Å². The molecule has 0 saturated carbocycles. The minimum atomic E-state index is 1.16. The maximum atomic E-state index is 3.83. The summed E-state index contributed by atoms with van der Waals surface area (Å²) in [4.78, 5) is 2.20. The minimum Gasteiger partial charge on any atom is -0.309 e. The summed E-state index contributed by atoms with van der Waals surface area (Å²) in [5.74, 6) is 0. The molecule has 0 N–H and O–H groups in total. The molecule has 0 unspecified atom stereocenters. The van der Waals surface area contributed by atoms with Crippen LogP contribution in [0.5, 0.6) is 0 Å². The Hall–Kier alpha value is -0.300. The van der Waals surface area contributed by atoms with Crippen molar-refractivity contribution in [3.63, 3.8) is 0 Å². The third-order valence-electron chi connectivity index (χ3n) is 1.21. The molecule has 1 nitrogen and oxygen atoms in total. The zero-order chi connectivity index (χ0) is 7.28. The second-order valence-corrected chi connectivity index (χ2v) is 2.86. The third kappa shape index (κ3) is 7.70. The molecule has 54 valence electrons. The molecule has 0 bridgehead atoms. The fourth-order valence-corrected chi connectivity index (χ4v) is 0.697. The topological polar surface area (TPSA) is 3.24 Å². The van der Waals surface area contributed by atoms with Crippen LogP contribution in [0, 0.1) is 0 Å². The van der Waals surface area contributed by atoms with Crippen molar-refractivity contribution in [3.05, 3.63) is 12.2 Å².